The predicted octanol–water partition coefficient (Wildman–Crippen LogP) is 3.16. The van der Waals surface area contributed by atoms with E-state index in [-0.39, 0.29) is 17.3 Å². The number of anilines is 1. The second-order valence-electron chi connectivity index (χ2n) is 4.37. The summed E-state index contributed by atoms with van der Waals surface area (Å²) in [5.41, 5.74) is 0.301. The van der Waals surface area contributed by atoms with Crippen LogP contribution in [-0.2, 0) is 14.9 Å². The van der Waals surface area contributed by atoms with Gasteiger partial charge >= 0.3 is 16.2 Å². The van der Waals surface area contributed by atoms with E-state index >= 15 is 0 Å². The minimum Gasteiger partial charge on any atom is -0.450 e. The highest BCUT2D eigenvalue weighted by atomic mass is 32.2. The molecule has 0 unspecified atom stereocenters. The standard InChI is InChI=1S/C15H14FNO5S/c1-2-21-15(18)17-12-6-4-7-13(10-12)22-23(19,20)14-8-3-5-11(16)9-14/h3-10H,2H2,1H3,(H,17,18). The van der Waals surface area contributed by atoms with Crippen LogP contribution >= 0.6 is 0 Å². The molecule has 1 N–H and O–H groups in total. The van der Waals surface area contributed by atoms with Crippen LogP contribution in [0.4, 0.5) is 14.9 Å². The summed E-state index contributed by atoms with van der Waals surface area (Å²) in [6, 6.07) is 10.2. The summed E-state index contributed by atoms with van der Waals surface area (Å²) in [6.07, 6.45) is -0.669. The van der Waals surface area contributed by atoms with E-state index in [1.807, 2.05) is 0 Å². The van der Waals surface area contributed by atoms with Gasteiger partial charge in [-0.3, -0.25) is 5.32 Å². The quantitative estimate of drug-likeness (QED) is 0.846. The summed E-state index contributed by atoms with van der Waals surface area (Å²) < 4.78 is 47.0. The van der Waals surface area contributed by atoms with Crippen LogP contribution in [0.25, 0.3) is 0 Å². The Kier molecular flexibility index (Phi) is 5.17. The molecule has 0 aliphatic carbocycles. The van der Waals surface area contributed by atoms with Crippen molar-refractivity contribution in [3.63, 3.8) is 0 Å². The van der Waals surface area contributed by atoms with Gasteiger partial charge in [0.05, 0.1) is 6.61 Å². The van der Waals surface area contributed by atoms with Crippen LogP contribution in [0.15, 0.2) is 53.4 Å². The first-order chi connectivity index (χ1) is 10.9. The number of benzene rings is 2. The van der Waals surface area contributed by atoms with Gasteiger partial charge in [-0.2, -0.15) is 8.42 Å². The Morgan fingerprint density at radius 2 is 1.91 bits per heavy atom. The lowest BCUT2D eigenvalue weighted by molar-refractivity contribution is 0.168. The maximum absolute atomic E-state index is 13.1. The molecule has 0 saturated heterocycles. The van der Waals surface area contributed by atoms with Gasteiger partial charge in [-0.15, -0.1) is 0 Å². The lowest BCUT2D eigenvalue weighted by atomic mass is 10.3. The number of carbonyl (C=O) groups is 1. The number of ether oxygens (including phenoxy) is 1. The highest BCUT2D eigenvalue weighted by molar-refractivity contribution is 7.87. The highest BCUT2D eigenvalue weighted by Gasteiger charge is 2.17. The third kappa shape index (κ3) is 4.68. The lowest BCUT2D eigenvalue weighted by Crippen LogP contribution is -2.14. The van der Waals surface area contributed by atoms with Crippen molar-refractivity contribution in [1.82, 2.24) is 0 Å². The Bertz CT molecular complexity index is 807. The van der Waals surface area contributed by atoms with Crippen molar-refractivity contribution in [2.45, 2.75) is 11.8 Å². The second kappa shape index (κ2) is 7.10. The Labute approximate surface area is 133 Å². The molecule has 2 aromatic carbocycles. The molecule has 2 rings (SSSR count). The molecule has 0 aromatic heterocycles. The number of hydrogen-bond acceptors (Lipinski definition) is 5. The predicted molar refractivity (Wildman–Crippen MR) is 81.3 cm³/mol. The summed E-state index contributed by atoms with van der Waals surface area (Å²) in [5.74, 6) is -0.712. The van der Waals surface area contributed by atoms with Gasteiger partial charge in [-0.25, -0.2) is 9.18 Å². The van der Waals surface area contributed by atoms with E-state index in [4.69, 9.17) is 8.92 Å². The van der Waals surface area contributed by atoms with Gasteiger partial charge in [0.15, 0.2) is 0 Å². The molecule has 8 heteroatoms. The van der Waals surface area contributed by atoms with Crippen molar-refractivity contribution in [3.05, 3.63) is 54.3 Å². The SMILES string of the molecule is CCOC(=O)Nc1cccc(OS(=O)(=O)c2cccc(F)c2)c1. The number of rotatable bonds is 5. The van der Waals surface area contributed by atoms with E-state index in [1.165, 1.54) is 30.3 Å². The normalized spacial score (nSPS) is 10.9. The van der Waals surface area contributed by atoms with Crippen molar-refractivity contribution >= 4 is 21.9 Å². The fraction of sp³-hybridized carbons (Fsp3) is 0.133. The first kappa shape index (κ1) is 16.8. The van der Waals surface area contributed by atoms with Gasteiger partial charge in [-0.1, -0.05) is 12.1 Å². The topological polar surface area (TPSA) is 81.7 Å². The molecule has 0 bridgehead atoms. The molecule has 0 saturated carbocycles. The monoisotopic (exact) mass is 339 g/mol. The molecular weight excluding hydrogens is 325 g/mol. The molecule has 1 amide bonds. The van der Waals surface area contributed by atoms with Gasteiger partial charge in [0, 0.05) is 11.8 Å². The maximum atomic E-state index is 13.1. The molecule has 6 nitrogen and oxygen atoms in total. The fourth-order valence-corrected chi connectivity index (χ4v) is 2.66. The first-order valence-electron chi connectivity index (χ1n) is 6.64. The first-order valence-corrected chi connectivity index (χ1v) is 8.05. The molecule has 0 aliphatic rings. The van der Waals surface area contributed by atoms with Gasteiger partial charge in [-0.05, 0) is 37.3 Å². The van der Waals surface area contributed by atoms with Gasteiger partial charge < -0.3 is 8.92 Å². The van der Waals surface area contributed by atoms with E-state index in [0.717, 1.165) is 12.1 Å². The minimum atomic E-state index is -4.18. The number of halogens is 1. The molecule has 0 heterocycles. The van der Waals surface area contributed by atoms with Crippen molar-refractivity contribution in [3.8, 4) is 5.75 Å². The molecule has 0 radical (unpaired) electrons. The fourth-order valence-electron chi connectivity index (χ4n) is 1.71. The van der Waals surface area contributed by atoms with E-state index in [9.17, 15) is 17.6 Å². The van der Waals surface area contributed by atoms with Gasteiger partial charge in [0.1, 0.15) is 16.5 Å². The zero-order chi connectivity index (χ0) is 16.9. The van der Waals surface area contributed by atoms with E-state index in [2.05, 4.69) is 5.32 Å². The Morgan fingerprint density at radius 1 is 1.17 bits per heavy atom. The molecule has 0 aliphatic heterocycles. The smallest absolute Gasteiger partial charge is 0.411 e. The van der Waals surface area contributed by atoms with Gasteiger partial charge in [0.25, 0.3) is 0 Å². The maximum Gasteiger partial charge on any atom is 0.411 e. The van der Waals surface area contributed by atoms with Crippen LogP contribution in [-0.4, -0.2) is 21.1 Å². The number of amides is 1. The van der Waals surface area contributed by atoms with Crippen molar-refractivity contribution < 1.29 is 26.5 Å². The largest absolute Gasteiger partial charge is 0.450 e. The summed E-state index contributed by atoms with van der Waals surface area (Å²) in [5, 5.41) is 2.42. The van der Waals surface area contributed by atoms with E-state index in [0.29, 0.717) is 5.69 Å². The van der Waals surface area contributed by atoms with Crippen molar-refractivity contribution in [2.24, 2.45) is 0 Å². The van der Waals surface area contributed by atoms with Crippen LogP contribution in [0, 0.1) is 5.82 Å². The third-order valence-electron chi connectivity index (χ3n) is 2.65. The number of nitrogens with one attached hydrogen (secondary N) is 1. The minimum absolute atomic E-state index is 0.0245. The summed E-state index contributed by atoms with van der Waals surface area (Å²) >= 11 is 0. The average Bonchev–Trinajstić information content (AvgIpc) is 2.47. The van der Waals surface area contributed by atoms with Crippen LogP contribution in [0.5, 0.6) is 5.75 Å². The third-order valence-corrected chi connectivity index (χ3v) is 3.89. The Morgan fingerprint density at radius 3 is 2.61 bits per heavy atom. The molecule has 0 atom stereocenters. The van der Waals surface area contributed by atoms with E-state index < -0.39 is 22.0 Å². The molecule has 2 aromatic rings. The molecule has 0 spiro atoms. The molecule has 122 valence electrons. The molecule has 0 fully saturated rings. The number of carbonyl (C=O) groups excluding carboxylic acids is 1. The number of hydrogen-bond donors (Lipinski definition) is 1. The zero-order valence-electron chi connectivity index (χ0n) is 12.2. The summed E-state index contributed by atoms with van der Waals surface area (Å²) in [7, 11) is -4.18. The van der Waals surface area contributed by atoms with Crippen LogP contribution in [0.3, 0.4) is 0 Å². The zero-order valence-corrected chi connectivity index (χ0v) is 13.0. The Hall–Kier alpha value is -2.61. The van der Waals surface area contributed by atoms with Gasteiger partial charge in [0.2, 0.25) is 0 Å². The summed E-state index contributed by atoms with van der Waals surface area (Å²) in [4.78, 5) is 11.0. The van der Waals surface area contributed by atoms with Crippen molar-refractivity contribution in [2.75, 3.05) is 11.9 Å². The second-order valence-corrected chi connectivity index (χ2v) is 5.91. The average molecular weight is 339 g/mol. The van der Waals surface area contributed by atoms with Crippen LogP contribution in [0.2, 0.25) is 0 Å². The van der Waals surface area contributed by atoms with Crippen LogP contribution in [0.1, 0.15) is 6.92 Å². The molecular formula is C15H14FNO5S. The lowest BCUT2D eigenvalue weighted by Gasteiger charge is -2.09. The van der Waals surface area contributed by atoms with Crippen molar-refractivity contribution in [1.29, 1.82) is 0 Å². The molecule has 23 heavy (non-hydrogen) atoms. The highest BCUT2D eigenvalue weighted by Crippen LogP contribution is 2.22. The van der Waals surface area contributed by atoms with E-state index in [1.54, 1.807) is 13.0 Å². The summed E-state index contributed by atoms with van der Waals surface area (Å²) in [6.45, 7) is 1.86. The van der Waals surface area contributed by atoms with Crippen LogP contribution < -0.4 is 9.50 Å². The Balaban J connectivity index is 2.18.